The second-order valence-corrected chi connectivity index (χ2v) is 5.59. The van der Waals surface area contributed by atoms with Gasteiger partial charge in [-0.25, -0.2) is 4.79 Å². The van der Waals surface area contributed by atoms with E-state index in [1.165, 1.54) is 27.4 Å². The Bertz CT molecular complexity index is 818. The van der Waals surface area contributed by atoms with Gasteiger partial charge in [-0.3, -0.25) is 0 Å². The predicted octanol–water partition coefficient (Wildman–Crippen LogP) is 3.49. The number of rotatable bonds is 9. The molecule has 2 aromatic carbocycles. The van der Waals surface area contributed by atoms with Crippen LogP contribution in [0.2, 0.25) is 0 Å². The number of hydrogen-bond acceptors (Lipinski definition) is 7. The summed E-state index contributed by atoms with van der Waals surface area (Å²) in [5.74, 6) is 2.19. The van der Waals surface area contributed by atoms with E-state index in [1.807, 2.05) is 0 Å². The van der Waals surface area contributed by atoms with Crippen molar-refractivity contribution in [3.8, 4) is 28.7 Å². The van der Waals surface area contributed by atoms with Crippen molar-refractivity contribution in [1.29, 1.82) is 0 Å². The molecule has 0 bridgehead atoms. The van der Waals surface area contributed by atoms with Gasteiger partial charge in [-0.05, 0) is 41.5 Å². The van der Waals surface area contributed by atoms with Crippen LogP contribution in [0.5, 0.6) is 28.7 Å². The average molecular weight is 388 g/mol. The van der Waals surface area contributed by atoms with Crippen molar-refractivity contribution in [3.05, 3.63) is 47.5 Å². The quantitative estimate of drug-likeness (QED) is 0.481. The standard InChI is InChI=1S/C21H24O7/c1-23-16-8-6-15(12-17(16)24-2)13-28-20(22)9-7-14-10-18(25-3)21(27-5)19(11-14)26-4/h6-12H,13H2,1-5H3/b9-7+. The minimum Gasteiger partial charge on any atom is -0.493 e. The average Bonchev–Trinajstić information content (AvgIpc) is 2.74. The van der Waals surface area contributed by atoms with E-state index in [0.717, 1.165) is 5.56 Å². The van der Waals surface area contributed by atoms with Gasteiger partial charge in [-0.1, -0.05) is 6.07 Å². The molecule has 0 saturated carbocycles. The summed E-state index contributed by atoms with van der Waals surface area (Å²) in [5.41, 5.74) is 1.49. The maximum absolute atomic E-state index is 12.0. The zero-order valence-corrected chi connectivity index (χ0v) is 16.6. The number of hydrogen-bond donors (Lipinski definition) is 0. The fourth-order valence-corrected chi connectivity index (χ4v) is 2.53. The topological polar surface area (TPSA) is 72.5 Å². The summed E-state index contributed by atoms with van der Waals surface area (Å²) in [7, 11) is 7.70. The van der Waals surface area contributed by atoms with Crippen LogP contribution < -0.4 is 23.7 Å². The molecule has 0 radical (unpaired) electrons. The van der Waals surface area contributed by atoms with E-state index in [4.69, 9.17) is 28.4 Å². The highest BCUT2D eigenvalue weighted by molar-refractivity contribution is 5.87. The normalized spacial score (nSPS) is 10.5. The van der Waals surface area contributed by atoms with Gasteiger partial charge < -0.3 is 28.4 Å². The largest absolute Gasteiger partial charge is 0.493 e. The number of ether oxygens (including phenoxy) is 6. The summed E-state index contributed by atoms with van der Waals surface area (Å²) in [6.07, 6.45) is 2.95. The third kappa shape index (κ3) is 5.09. The van der Waals surface area contributed by atoms with Crippen molar-refractivity contribution in [2.75, 3.05) is 35.5 Å². The molecule has 0 aliphatic rings. The van der Waals surface area contributed by atoms with E-state index in [2.05, 4.69) is 0 Å². The smallest absolute Gasteiger partial charge is 0.331 e. The molecule has 0 fully saturated rings. The first kappa shape index (κ1) is 21.0. The van der Waals surface area contributed by atoms with E-state index in [1.54, 1.807) is 50.6 Å². The first-order valence-corrected chi connectivity index (χ1v) is 8.42. The molecule has 0 aliphatic heterocycles. The molecule has 2 aromatic rings. The fourth-order valence-electron chi connectivity index (χ4n) is 2.53. The van der Waals surface area contributed by atoms with Gasteiger partial charge in [0.15, 0.2) is 23.0 Å². The first-order chi connectivity index (χ1) is 13.6. The third-order valence-corrected chi connectivity index (χ3v) is 3.93. The zero-order valence-electron chi connectivity index (χ0n) is 16.6. The Kier molecular flexibility index (Phi) is 7.56. The van der Waals surface area contributed by atoms with Crippen LogP contribution in [0.15, 0.2) is 36.4 Å². The second kappa shape index (κ2) is 10.1. The summed E-state index contributed by atoms with van der Waals surface area (Å²) in [4.78, 5) is 12.0. The maximum Gasteiger partial charge on any atom is 0.331 e. The molecule has 0 aliphatic carbocycles. The van der Waals surface area contributed by atoms with Crippen LogP contribution in [0.4, 0.5) is 0 Å². The summed E-state index contributed by atoms with van der Waals surface area (Å²) in [5, 5.41) is 0. The van der Waals surface area contributed by atoms with Crippen LogP contribution in [-0.2, 0) is 16.1 Å². The number of carbonyl (C=O) groups is 1. The lowest BCUT2D eigenvalue weighted by Gasteiger charge is -2.12. The summed E-state index contributed by atoms with van der Waals surface area (Å²) < 4.78 is 31.6. The van der Waals surface area contributed by atoms with Gasteiger partial charge >= 0.3 is 5.97 Å². The predicted molar refractivity (Wildman–Crippen MR) is 104 cm³/mol. The van der Waals surface area contributed by atoms with E-state index >= 15 is 0 Å². The summed E-state index contributed by atoms with van der Waals surface area (Å²) in [6, 6.07) is 8.79. The fraction of sp³-hybridized carbons (Fsp3) is 0.286. The molecule has 28 heavy (non-hydrogen) atoms. The lowest BCUT2D eigenvalue weighted by Crippen LogP contribution is -2.01. The second-order valence-electron chi connectivity index (χ2n) is 5.59. The minimum atomic E-state index is -0.483. The molecule has 0 amide bonds. The van der Waals surface area contributed by atoms with Crippen LogP contribution in [0.25, 0.3) is 6.08 Å². The minimum absolute atomic E-state index is 0.110. The van der Waals surface area contributed by atoms with E-state index in [0.29, 0.717) is 34.3 Å². The monoisotopic (exact) mass is 388 g/mol. The maximum atomic E-state index is 12.0. The third-order valence-electron chi connectivity index (χ3n) is 3.93. The number of methoxy groups -OCH3 is 5. The van der Waals surface area contributed by atoms with E-state index < -0.39 is 5.97 Å². The van der Waals surface area contributed by atoms with Crippen molar-refractivity contribution >= 4 is 12.0 Å². The Balaban J connectivity index is 2.06. The number of esters is 1. The Morgan fingerprint density at radius 1 is 0.786 bits per heavy atom. The molecule has 0 heterocycles. The van der Waals surface area contributed by atoms with Crippen molar-refractivity contribution in [2.24, 2.45) is 0 Å². The molecule has 0 N–H and O–H groups in total. The van der Waals surface area contributed by atoms with E-state index in [-0.39, 0.29) is 6.61 Å². The van der Waals surface area contributed by atoms with Gasteiger partial charge in [0.05, 0.1) is 35.5 Å². The Morgan fingerprint density at radius 3 is 1.93 bits per heavy atom. The van der Waals surface area contributed by atoms with Gasteiger partial charge in [0, 0.05) is 6.08 Å². The summed E-state index contributed by atoms with van der Waals surface area (Å²) in [6.45, 7) is 0.110. The zero-order chi connectivity index (χ0) is 20.5. The highest BCUT2D eigenvalue weighted by Crippen LogP contribution is 2.38. The van der Waals surface area contributed by atoms with Gasteiger partial charge in [-0.2, -0.15) is 0 Å². The van der Waals surface area contributed by atoms with Gasteiger partial charge in [-0.15, -0.1) is 0 Å². The Labute approximate surface area is 164 Å². The SMILES string of the molecule is COc1ccc(COC(=O)/C=C/c2cc(OC)c(OC)c(OC)c2)cc1OC. The van der Waals surface area contributed by atoms with Crippen molar-refractivity contribution in [1.82, 2.24) is 0 Å². The summed E-state index contributed by atoms with van der Waals surface area (Å²) >= 11 is 0. The molecule has 2 rings (SSSR count). The van der Waals surface area contributed by atoms with Crippen LogP contribution in [0, 0.1) is 0 Å². The van der Waals surface area contributed by atoms with E-state index in [9.17, 15) is 4.79 Å². The highest BCUT2D eigenvalue weighted by Gasteiger charge is 2.12. The van der Waals surface area contributed by atoms with Gasteiger partial charge in [0.1, 0.15) is 6.61 Å². The molecule has 7 heteroatoms. The lowest BCUT2D eigenvalue weighted by atomic mass is 10.1. The van der Waals surface area contributed by atoms with Crippen LogP contribution in [0.1, 0.15) is 11.1 Å². The molecular formula is C21H24O7. The molecule has 0 saturated heterocycles. The molecule has 0 spiro atoms. The van der Waals surface area contributed by atoms with Gasteiger partial charge in [0.25, 0.3) is 0 Å². The lowest BCUT2D eigenvalue weighted by molar-refractivity contribution is -0.138. The van der Waals surface area contributed by atoms with Crippen LogP contribution in [0.3, 0.4) is 0 Å². The number of benzene rings is 2. The molecule has 0 atom stereocenters. The van der Waals surface area contributed by atoms with Crippen molar-refractivity contribution in [3.63, 3.8) is 0 Å². The molecule has 150 valence electrons. The molecular weight excluding hydrogens is 364 g/mol. The van der Waals surface area contributed by atoms with Crippen LogP contribution >= 0.6 is 0 Å². The number of carbonyl (C=O) groups excluding carboxylic acids is 1. The Hall–Kier alpha value is -3.35. The molecule has 7 nitrogen and oxygen atoms in total. The Morgan fingerprint density at radius 2 is 1.39 bits per heavy atom. The van der Waals surface area contributed by atoms with Crippen molar-refractivity contribution in [2.45, 2.75) is 6.61 Å². The van der Waals surface area contributed by atoms with Gasteiger partial charge in [0.2, 0.25) is 5.75 Å². The molecule has 0 unspecified atom stereocenters. The molecule has 0 aromatic heterocycles. The highest BCUT2D eigenvalue weighted by atomic mass is 16.5. The first-order valence-electron chi connectivity index (χ1n) is 8.42. The van der Waals surface area contributed by atoms with Crippen LogP contribution in [-0.4, -0.2) is 41.5 Å². The van der Waals surface area contributed by atoms with Crippen molar-refractivity contribution < 1.29 is 33.2 Å².